The van der Waals surface area contributed by atoms with E-state index in [-0.39, 0.29) is 17.9 Å². The number of hydrogen-bond acceptors (Lipinski definition) is 6. The summed E-state index contributed by atoms with van der Waals surface area (Å²) in [6.45, 7) is 2.11. The van der Waals surface area contributed by atoms with Crippen molar-refractivity contribution < 1.29 is 9.53 Å². The van der Waals surface area contributed by atoms with Crippen LogP contribution < -0.4 is 15.6 Å². The fourth-order valence-electron chi connectivity index (χ4n) is 3.38. The Morgan fingerprint density at radius 2 is 1.94 bits per heavy atom. The Morgan fingerprint density at radius 3 is 2.67 bits per heavy atom. The summed E-state index contributed by atoms with van der Waals surface area (Å²) in [4.78, 5) is 31.4. The van der Waals surface area contributed by atoms with Crippen LogP contribution in [-0.4, -0.2) is 37.7 Å². The summed E-state index contributed by atoms with van der Waals surface area (Å²) >= 11 is 5.35. The van der Waals surface area contributed by atoms with Crippen molar-refractivity contribution in [3.05, 3.63) is 75.4 Å². The van der Waals surface area contributed by atoms with Gasteiger partial charge in [0, 0.05) is 41.5 Å². The molecular formula is C23H22N6O3S. The van der Waals surface area contributed by atoms with Crippen molar-refractivity contribution in [3.8, 4) is 28.5 Å². The second-order valence-electron chi connectivity index (χ2n) is 7.35. The van der Waals surface area contributed by atoms with E-state index in [4.69, 9.17) is 17.0 Å². The fourth-order valence-corrected chi connectivity index (χ4v) is 3.61. The molecule has 0 saturated heterocycles. The fraction of sp³-hybridized carbons (Fsp3) is 0.174. The number of aromatic nitrogens is 5. The lowest BCUT2D eigenvalue weighted by molar-refractivity contribution is -0.116. The van der Waals surface area contributed by atoms with Crippen LogP contribution in [0.15, 0.2) is 59.4 Å². The number of rotatable bonds is 7. The molecule has 2 aromatic carbocycles. The molecule has 0 saturated carbocycles. The normalized spacial score (nSPS) is 10.7. The van der Waals surface area contributed by atoms with Gasteiger partial charge >= 0.3 is 0 Å². The minimum Gasteiger partial charge on any atom is -0.497 e. The van der Waals surface area contributed by atoms with E-state index in [1.807, 2.05) is 30.3 Å². The van der Waals surface area contributed by atoms with Crippen molar-refractivity contribution in [2.75, 3.05) is 12.4 Å². The third-order valence-electron chi connectivity index (χ3n) is 4.96. The highest BCUT2D eigenvalue weighted by atomic mass is 32.1. The SMILES string of the molecule is COc1ccc(-c2n[nH]c(=S)n2CCC(=O)Nc2cccc(-c3nc(C)cc(=O)[nH]3)c2)cc1. The maximum Gasteiger partial charge on any atom is 0.251 e. The van der Waals surface area contributed by atoms with Gasteiger partial charge in [-0.1, -0.05) is 12.1 Å². The van der Waals surface area contributed by atoms with Crippen LogP contribution in [0.25, 0.3) is 22.8 Å². The number of H-pyrrole nitrogens is 2. The molecule has 0 aliphatic rings. The second-order valence-corrected chi connectivity index (χ2v) is 7.73. The monoisotopic (exact) mass is 462 g/mol. The molecule has 1 amide bonds. The molecule has 0 atom stereocenters. The van der Waals surface area contributed by atoms with Crippen molar-refractivity contribution in [3.63, 3.8) is 0 Å². The first-order chi connectivity index (χ1) is 15.9. The maximum absolute atomic E-state index is 12.6. The molecule has 0 spiro atoms. The molecule has 0 radical (unpaired) electrons. The molecule has 10 heteroatoms. The lowest BCUT2D eigenvalue weighted by Crippen LogP contribution is -2.15. The lowest BCUT2D eigenvalue weighted by Gasteiger charge is -2.10. The van der Waals surface area contributed by atoms with Crippen LogP contribution in [0.1, 0.15) is 12.1 Å². The summed E-state index contributed by atoms with van der Waals surface area (Å²) in [6.07, 6.45) is 0.195. The Balaban J connectivity index is 1.46. The molecule has 0 unspecified atom stereocenters. The molecule has 3 N–H and O–H groups in total. The molecule has 0 aliphatic carbocycles. The minimum absolute atomic E-state index is 0.179. The maximum atomic E-state index is 12.6. The number of hydrogen-bond donors (Lipinski definition) is 3. The van der Waals surface area contributed by atoms with Crippen LogP contribution in [0.4, 0.5) is 5.69 Å². The molecule has 9 nitrogen and oxygen atoms in total. The summed E-state index contributed by atoms with van der Waals surface area (Å²) in [5, 5.41) is 9.97. The van der Waals surface area contributed by atoms with Crippen molar-refractivity contribution >= 4 is 23.8 Å². The van der Waals surface area contributed by atoms with Gasteiger partial charge in [0.2, 0.25) is 5.91 Å². The van der Waals surface area contributed by atoms with E-state index in [0.717, 1.165) is 11.3 Å². The Hall–Kier alpha value is -4.05. The van der Waals surface area contributed by atoms with Crippen LogP contribution in [0.2, 0.25) is 0 Å². The van der Waals surface area contributed by atoms with Crippen molar-refractivity contribution in [1.82, 2.24) is 24.7 Å². The van der Waals surface area contributed by atoms with Gasteiger partial charge < -0.3 is 15.0 Å². The number of ether oxygens (including phenoxy) is 1. The van der Waals surface area contributed by atoms with Gasteiger partial charge in [-0.25, -0.2) is 4.98 Å². The minimum atomic E-state index is -0.226. The summed E-state index contributed by atoms with van der Waals surface area (Å²) in [5.41, 5.74) is 2.56. The van der Waals surface area contributed by atoms with Crippen molar-refractivity contribution in [2.24, 2.45) is 0 Å². The molecule has 33 heavy (non-hydrogen) atoms. The zero-order chi connectivity index (χ0) is 23.4. The van der Waals surface area contributed by atoms with Gasteiger partial charge in [-0.3, -0.25) is 19.3 Å². The van der Waals surface area contributed by atoms with Gasteiger partial charge in [0.25, 0.3) is 5.56 Å². The Morgan fingerprint density at radius 1 is 1.15 bits per heavy atom. The Kier molecular flexibility index (Phi) is 6.45. The molecule has 168 valence electrons. The molecule has 2 heterocycles. The topological polar surface area (TPSA) is 118 Å². The number of carbonyl (C=O) groups excluding carboxylic acids is 1. The van der Waals surface area contributed by atoms with E-state index in [9.17, 15) is 9.59 Å². The van der Waals surface area contributed by atoms with E-state index in [0.29, 0.717) is 39.9 Å². The Labute approximate surface area is 194 Å². The number of amides is 1. The van der Waals surface area contributed by atoms with Crippen LogP contribution >= 0.6 is 12.2 Å². The number of carbonyl (C=O) groups is 1. The first-order valence-electron chi connectivity index (χ1n) is 10.2. The van der Waals surface area contributed by atoms with E-state index in [1.54, 1.807) is 36.8 Å². The summed E-state index contributed by atoms with van der Waals surface area (Å²) in [5.74, 6) is 1.66. The molecule has 0 fully saturated rings. The standard InChI is InChI=1S/C23H22N6O3S/c1-14-12-20(31)26-21(24-14)16-4-3-5-17(13-16)25-19(30)10-11-29-22(27-28-23(29)33)15-6-8-18(32-2)9-7-15/h3-9,12-13H,10-11H2,1-2H3,(H,25,30)(H,28,33)(H,24,26,31). The van der Waals surface area contributed by atoms with Gasteiger partial charge in [0.05, 0.1) is 7.11 Å². The zero-order valence-corrected chi connectivity index (χ0v) is 18.9. The quantitative estimate of drug-likeness (QED) is 0.361. The summed E-state index contributed by atoms with van der Waals surface area (Å²) < 4.78 is 7.42. The van der Waals surface area contributed by atoms with E-state index < -0.39 is 0 Å². The number of nitrogens with zero attached hydrogens (tertiary/aromatic N) is 3. The largest absolute Gasteiger partial charge is 0.497 e. The summed E-state index contributed by atoms with van der Waals surface area (Å²) in [7, 11) is 1.61. The van der Waals surface area contributed by atoms with Gasteiger partial charge in [0.1, 0.15) is 11.6 Å². The van der Waals surface area contributed by atoms with E-state index in [2.05, 4.69) is 25.5 Å². The van der Waals surface area contributed by atoms with Crippen LogP contribution in [0, 0.1) is 11.7 Å². The number of aromatic amines is 2. The van der Waals surface area contributed by atoms with Gasteiger partial charge in [-0.2, -0.15) is 5.10 Å². The third kappa shape index (κ3) is 5.24. The van der Waals surface area contributed by atoms with E-state index >= 15 is 0 Å². The number of methoxy groups -OCH3 is 1. The third-order valence-corrected chi connectivity index (χ3v) is 5.27. The molecule has 0 aliphatic heterocycles. The highest BCUT2D eigenvalue weighted by molar-refractivity contribution is 7.71. The van der Waals surface area contributed by atoms with Crippen LogP contribution in [0.5, 0.6) is 5.75 Å². The van der Waals surface area contributed by atoms with Crippen LogP contribution in [0.3, 0.4) is 0 Å². The average molecular weight is 463 g/mol. The molecule has 4 rings (SSSR count). The lowest BCUT2D eigenvalue weighted by atomic mass is 10.1. The molecule has 4 aromatic rings. The highest BCUT2D eigenvalue weighted by Crippen LogP contribution is 2.22. The summed E-state index contributed by atoms with van der Waals surface area (Å²) in [6, 6.07) is 16.0. The van der Waals surface area contributed by atoms with Gasteiger partial charge in [-0.05, 0) is 55.5 Å². The number of aryl methyl sites for hydroxylation is 1. The first-order valence-corrected chi connectivity index (χ1v) is 10.6. The number of nitrogens with one attached hydrogen (secondary N) is 3. The number of anilines is 1. The number of benzene rings is 2. The smallest absolute Gasteiger partial charge is 0.251 e. The van der Waals surface area contributed by atoms with Gasteiger partial charge in [-0.15, -0.1) is 0 Å². The van der Waals surface area contributed by atoms with Crippen LogP contribution in [-0.2, 0) is 11.3 Å². The zero-order valence-electron chi connectivity index (χ0n) is 18.1. The highest BCUT2D eigenvalue weighted by Gasteiger charge is 2.12. The predicted molar refractivity (Wildman–Crippen MR) is 128 cm³/mol. The molecular weight excluding hydrogens is 440 g/mol. The first kappa shape index (κ1) is 22.2. The molecule has 0 bridgehead atoms. The second kappa shape index (κ2) is 9.61. The Bertz CT molecular complexity index is 1400. The van der Waals surface area contributed by atoms with Gasteiger partial charge in [0.15, 0.2) is 10.6 Å². The van der Waals surface area contributed by atoms with E-state index in [1.165, 1.54) is 6.07 Å². The molecule has 2 aromatic heterocycles. The average Bonchev–Trinajstić information content (AvgIpc) is 3.17. The van der Waals surface area contributed by atoms with Crippen molar-refractivity contribution in [1.29, 1.82) is 0 Å². The van der Waals surface area contributed by atoms with Crippen molar-refractivity contribution in [2.45, 2.75) is 19.9 Å². The predicted octanol–water partition coefficient (Wildman–Crippen LogP) is 3.70.